The molecule has 0 aliphatic rings. The maximum absolute atomic E-state index is 11.5. The fourth-order valence-corrected chi connectivity index (χ4v) is 5.45. The Kier molecular flexibility index (Phi) is 7.87. The number of aromatic nitrogens is 2. The molecule has 166 valence electrons. The summed E-state index contributed by atoms with van der Waals surface area (Å²) in [5, 5.41) is 84.6. The van der Waals surface area contributed by atoms with Gasteiger partial charge in [0.15, 0.2) is 31.4 Å². The van der Waals surface area contributed by atoms with Crippen LogP contribution in [0, 0.1) is 20.8 Å². The smallest absolute Gasteiger partial charge is 0.184 e. The fraction of sp³-hybridized carbons (Fsp3) is 0. The molecule has 17 heteroatoms. The van der Waals surface area contributed by atoms with E-state index in [1.165, 1.54) is 24.3 Å². The molecule has 3 aromatic rings. The van der Waals surface area contributed by atoms with Crippen LogP contribution in [0.5, 0.6) is 0 Å². The van der Waals surface area contributed by atoms with Crippen molar-refractivity contribution >= 4 is 57.6 Å². The normalized spacial score (nSPS) is 15.5. The SMILES string of the molecule is [O-][NH+](O)c1ccc(Sc2nnc(Sc3ccc([NH+]([O-])O)cc3[NH+]([O-])O)s2)c([NH+]([O-])O)c1. The molecular formula is C14H14N6O8S3. The summed E-state index contributed by atoms with van der Waals surface area (Å²) in [6.07, 6.45) is 0. The summed E-state index contributed by atoms with van der Waals surface area (Å²) < 4.78 is 0.708. The first-order valence-electron chi connectivity index (χ1n) is 8.06. The molecule has 0 bridgehead atoms. The molecule has 0 saturated carbocycles. The lowest BCUT2D eigenvalue weighted by Gasteiger charge is -2.17. The molecule has 14 nitrogen and oxygen atoms in total. The molecule has 0 radical (unpaired) electrons. The molecule has 0 fully saturated rings. The predicted molar refractivity (Wildman–Crippen MR) is 104 cm³/mol. The van der Waals surface area contributed by atoms with Gasteiger partial charge in [0.1, 0.15) is 0 Å². The zero-order chi connectivity index (χ0) is 22.7. The summed E-state index contributed by atoms with van der Waals surface area (Å²) in [5.41, 5.74) is -0.735. The first-order valence-corrected chi connectivity index (χ1v) is 10.5. The molecule has 4 unspecified atom stereocenters. The lowest BCUT2D eigenvalue weighted by Crippen LogP contribution is -3.00. The standard InChI is InChI=1S/C14H14N6O8S3/c21-17(22)7-1-3-11(9(5-7)19(25)26)29-13-15-16-14(31-13)30-12-4-2-8(18(23)24)6-10(12)20(27)28/h1-6,17-21,23,25,27H. The lowest BCUT2D eigenvalue weighted by molar-refractivity contribution is -0.997. The highest BCUT2D eigenvalue weighted by Crippen LogP contribution is 2.40. The van der Waals surface area contributed by atoms with Crippen molar-refractivity contribution in [2.24, 2.45) is 0 Å². The lowest BCUT2D eigenvalue weighted by atomic mass is 10.3. The van der Waals surface area contributed by atoms with Crippen molar-refractivity contribution in [1.82, 2.24) is 10.2 Å². The molecule has 31 heavy (non-hydrogen) atoms. The van der Waals surface area contributed by atoms with Gasteiger partial charge in [-0.2, -0.15) is 20.9 Å². The molecule has 3 rings (SSSR count). The van der Waals surface area contributed by atoms with Crippen LogP contribution in [0.15, 0.2) is 54.9 Å². The molecule has 0 saturated heterocycles. The molecule has 8 N–H and O–H groups in total. The zero-order valence-electron chi connectivity index (χ0n) is 15.0. The third kappa shape index (κ3) is 5.93. The van der Waals surface area contributed by atoms with Crippen LogP contribution in [-0.2, 0) is 0 Å². The molecule has 0 spiro atoms. The first-order chi connectivity index (χ1) is 14.7. The number of hydrogen-bond acceptors (Lipinski definition) is 13. The molecular weight excluding hydrogens is 476 g/mol. The van der Waals surface area contributed by atoms with Crippen LogP contribution in [0.3, 0.4) is 0 Å². The third-order valence-electron chi connectivity index (χ3n) is 3.70. The second-order valence-corrected chi connectivity index (χ2v) is 9.24. The maximum Gasteiger partial charge on any atom is 0.184 e. The summed E-state index contributed by atoms with van der Waals surface area (Å²) >= 11 is 3.02. The number of nitrogens with one attached hydrogen (secondary N) is 4. The highest BCUT2D eigenvalue weighted by molar-refractivity contribution is 8.03. The molecule has 2 aromatic carbocycles. The largest absolute Gasteiger partial charge is 0.595 e. The van der Waals surface area contributed by atoms with Gasteiger partial charge in [0, 0.05) is 12.1 Å². The van der Waals surface area contributed by atoms with E-state index in [1.54, 1.807) is 0 Å². The zero-order valence-corrected chi connectivity index (χ0v) is 17.5. The Morgan fingerprint density at radius 3 is 1.35 bits per heavy atom. The topological polar surface area (TPSA) is 217 Å². The van der Waals surface area contributed by atoms with Crippen LogP contribution >= 0.6 is 34.9 Å². The Labute approximate surface area is 185 Å². The van der Waals surface area contributed by atoms with E-state index in [4.69, 9.17) is 10.4 Å². The van der Waals surface area contributed by atoms with Crippen molar-refractivity contribution in [3.05, 3.63) is 57.2 Å². The summed E-state index contributed by atoms with van der Waals surface area (Å²) in [6.45, 7) is 0. The van der Waals surface area contributed by atoms with Crippen molar-refractivity contribution in [3.63, 3.8) is 0 Å². The highest BCUT2D eigenvalue weighted by atomic mass is 32.2. The Hall–Kier alpha value is -1.78. The third-order valence-corrected chi connectivity index (χ3v) is 6.87. The monoisotopic (exact) mass is 490 g/mol. The molecule has 4 atom stereocenters. The quantitative estimate of drug-likeness (QED) is 0.168. The van der Waals surface area contributed by atoms with Gasteiger partial charge in [-0.05, 0) is 12.1 Å². The Balaban J connectivity index is 1.82. The van der Waals surface area contributed by atoms with E-state index in [0.29, 0.717) is 8.68 Å². The van der Waals surface area contributed by atoms with E-state index < -0.39 is 20.9 Å². The molecule has 0 aliphatic carbocycles. The minimum absolute atomic E-state index is 0.165. The van der Waals surface area contributed by atoms with Crippen molar-refractivity contribution in [3.8, 4) is 0 Å². The van der Waals surface area contributed by atoms with Gasteiger partial charge in [0.2, 0.25) is 0 Å². The van der Waals surface area contributed by atoms with Gasteiger partial charge in [0.05, 0.1) is 21.9 Å². The second kappa shape index (κ2) is 10.2. The van der Waals surface area contributed by atoms with Crippen molar-refractivity contribution in [2.45, 2.75) is 18.5 Å². The van der Waals surface area contributed by atoms with Crippen LogP contribution < -0.4 is 20.9 Å². The molecule has 0 amide bonds. The number of quaternary nitrogens is 4. The summed E-state index contributed by atoms with van der Waals surface area (Å²) in [4.78, 5) is 0.532. The number of nitrogens with zero attached hydrogens (tertiary/aromatic N) is 2. The van der Waals surface area contributed by atoms with Crippen LogP contribution in [-0.4, -0.2) is 31.0 Å². The van der Waals surface area contributed by atoms with Gasteiger partial charge < -0.3 is 20.8 Å². The van der Waals surface area contributed by atoms with Gasteiger partial charge in [-0.15, -0.1) is 10.2 Å². The van der Waals surface area contributed by atoms with E-state index in [1.807, 2.05) is 0 Å². The Morgan fingerprint density at radius 1 is 0.645 bits per heavy atom. The van der Waals surface area contributed by atoms with Crippen molar-refractivity contribution in [1.29, 1.82) is 0 Å². The van der Waals surface area contributed by atoms with Crippen LogP contribution in [0.1, 0.15) is 0 Å². The van der Waals surface area contributed by atoms with Gasteiger partial charge in [-0.25, -0.2) is 20.8 Å². The Bertz CT molecular complexity index is 971. The highest BCUT2D eigenvalue weighted by Gasteiger charge is 2.19. The van der Waals surface area contributed by atoms with Crippen molar-refractivity contribution < 1.29 is 41.7 Å². The second-order valence-electron chi connectivity index (χ2n) is 5.68. The average molecular weight is 491 g/mol. The van der Waals surface area contributed by atoms with E-state index in [2.05, 4.69) is 10.2 Å². The van der Waals surface area contributed by atoms with Crippen LogP contribution in [0.2, 0.25) is 0 Å². The number of benzene rings is 2. The molecule has 1 aromatic heterocycles. The molecule has 1 heterocycles. The van der Waals surface area contributed by atoms with E-state index in [9.17, 15) is 31.2 Å². The van der Waals surface area contributed by atoms with Crippen LogP contribution in [0.25, 0.3) is 0 Å². The average Bonchev–Trinajstić information content (AvgIpc) is 3.14. The summed E-state index contributed by atoms with van der Waals surface area (Å²) in [6, 6.07) is 7.37. The van der Waals surface area contributed by atoms with Gasteiger partial charge in [0.25, 0.3) is 0 Å². The van der Waals surface area contributed by atoms with Gasteiger partial charge in [-0.1, -0.05) is 34.9 Å². The number of rotatable bonds is 8. The van der Waals surface area contributed by atoms with Crippen LogP contribution in [0.4, 0.5) is 22.7 Å². The van der Waals surface area contributed by atoms with Gasteiger partial charge in [-0.3, -0.25) is 0 Å². The minimum Gasteiger partial charge on any atom is -0.595 e. The minimum atomic E-state index is -1.30. The number of hydrogen-bond donors (Lipinski definition) is 8. The van der Waals surface area contributed by atoms with E-state index >= 15 is 0 Å². The van der Waals surface area contributed by atoms with Gasteiger partial charge >= 0.3 is 0 Å². The maximum atomic E-state index is 11.5. The van der Waals surface area contributed by atoms with Crippen molar-refractivity contribution in [2.75, 3.05) is 0 Å². The predicted octanol–water partition coefficient (Wildman–Crippen LogP) is -1.55. The van der Waals surface area contributed by atoms with E-state index in [-0.39, 0.29) is 32.5 Å². The summed E-state index contributed by atoms with van der Waals surface area (Å²) in [5.74, 6) is 0. The fourth-order valence-electron chi connectivity index (χ4n) is 2.31. The first kappa shape index (κ1) is 23.9. The molecule has 0 aliphatic heterocycles. The Morgan fingerprint density at radius 2 is 1.03 bits per heavy atom. The summed E-state index contributed by atoms with van der Waals surface area (Å²) in [7, 11) is 0. The van der Waals surface area contributed by atoms with E-state index in [0.717, 1.165) is 47.0 Å².